The summed E-state index contributed by atoms with van der Waals surface area (Å²) in [5.41, 5.74) is 0.561. The summed E-state index contributed by atoms with van der Waals surface area (Å²) in [6, 6.07) is -0.465. The van der Waals surface area contributed by atoms with E-state index >= 15 is 0 Å². The number of hydrogen-bond donors (Lipinski definition) is 3. The lowest BCUT2D eigenvalue weighted by Gasteiger charge is -2.33. The number of thiophene rings is 1. The van der Waals surface area contributed by atoms with Crippen LogP contribution in [0.2, 0.25) is 0 Å². The zero-order valence-corrected chi connectivity index (χ0v) is 14.3. The second-order valence-electron chi connectivity index (χ2n) is 5.85. The molecule has 0 bridgehead atoms. The van der Waals surface area contributed by atoms with Crippen LogP contribution >= 0.6 is 11.3 Å². The number of nitrogens with one attached hydrogen (secondary N) is 1. The normalized spacial score (nSPS) is 22.7. The number of aromatic carboxylic acids is 1. The summed E-state index contributed by atoms with van der Waals surface area (Å²) < 4.78 is 27.3. The van der Waals surface area contributed by atoms with Gasteiger partial charge in [-0.25, -0.2) is 13.2 Å². The van der Waals surface area contributed by atoms with E-state index in [9.17, 15) is 23.4 Å². The Bertz CT molecular complexity index is 713. The van der Waals surface area contributed by atoms with Gasteiger partial charge in [0.25, 0.3) is 10.0 Å². The Labute approximate surface area is 139 Å². The third-order valence-corrected chi connectivity index (χ3v) is 8.12. The molecule has 0 saturated carbocycles. The zero-order chi connectivity index (χ0) is 16.6. The van der Waals surface area contributed by atoms with Gasteiger partial charge in [0.2, 0.25) is 0 Å². The van der Waals surface area contributed by atoms with Crippen LogP contribution in [0, 0.1) is 0 Å². The first-order valence-electron chi connectivity index (χ1n) is 7.68. The molecule has 9 heteroatoms. The number of aliphatic hydroxyl groups is 1. The highest BCUT2D eigenvalue weighted by molar-refractivity contribution is 7.91. The van der Waals surface area contributed by atoms with Crippen LogP contribution in [0.15, 0.2) is 4.21 Å². The van der Waals surface area contributed by atoms with Gasteiger partial charge >= 0.3 is 5.97 Å². The first-order valence-corrected chi connectivity index (χ1v) is 9.93. The van der Waals surface area contributed by atoms with Crippen LogP contribution < -0.4 is 5.32 Å². The van der Waals surface area contributed by atoms with Gasteiger partial charge in [0.1, 0.15) is 4.21 Å². The van der Waals surface area contributed by atoms with Gasteiger partial charge in [0.05, 0.1) is 12.2 Å². The molecule has 3 N–H and O–H groups in total. The van der Waals surface area contributed by atoms with Gasteiger partial charge in [-0.2, -0.15) is 4.31 Å². The fourth-order valence-corrected chi connectivity index (χ4v) is 6.95. The van der Waals surface area contributed by atoms with Crippen molar-refractivity contribution in [3.8, 4) is 0 Å². The first-order chi connectivity index (χ1) is 11.0. The highest BCUT2D eigenvalue weighted by Gasteiger charge is 2.39. The number of sulfonamides is 1. The van der Waals surface area contributed by atoms with Gasteiger partial charge in [-0.05, 0) is 31.4 Å². The Morgan fingerprint density at radius 2 is 2.17 bits per heavy atom. The maximum atomic E-state index is 13.0. The molecular weight excluding hydrogens is 340 g/mol. The van der Waals surface area contributed by atoms with E-state index in [1.165, 1.54) is 4.31 Å². The summed E-state index contributed by atoms with van der Waals surface area (Å²) in [5.74, 6) is -1.19. The average Bonchev–Trinajstić information content (AvgIpc) is 2.95. The molecule has 3 heterocycles. The van der Waals surface area contributed by atoms with E-state index < -0.39 is 22.0 Å². The molecule has 23 heavy (non-hydrogen) atoms. The molecule has 1 aromatic rings. The van der Waals surface area contributed by atoms with Crippen LogP contribution in [0.1, 0.15) is 40.1 Å². The zero-order valence-electron chi connectivity index (χ0n) is 12.6. The van der Waals surface area contributed by atoms with Crippen molar-refractivity contribution in [3.05, 3.63) is 16.0 Å². The third kappa shape index (κ3) is 2.91. The molecule has 1 aromatic heterocycles. The topological polar surface area (TPSA) is 107 Å². The van der Waals surface area contributed by atoms with E-state index in [-0.39, 0.29) is 16.4 Å². The van der Waals surface area contributed by atoms with Crippen LogP contribution in [-0.2, 0) is 23.0 Å². The Balaban J connectivity index is 2.09. The highest BCUT2D eigenvalue weighted by Crippen LogP contribution is 2.37. The summed E-state index contributed by atoms with van der Waals surface area (Å²) in [4.78, 5) is 12.5. The van der Waals surface area contributed by atoms with Gasteiger partial charge in [0.15, 0.2) is 0 Å². The molecule has 0 aliphatic carbocycles. The SMILES string of the molecule is O=C(O)c1c(S(=O)(=O)N2CCCC[C@@H]2CO)sc2c1CCNC2. The fraction of sp³-hybridized carbons (Fsp3) is 0.643. The number of fused-ring (bicyclic) bond motifs is 1. The van der Waals surface area contributed by atoms with Gasteiger partial charge in [-0.15, -0.1) is 11.3 Å². The Morgan fingerprint density at radius 3 is 2.87 bits per heavy atom. The van der Waals surface area contributed by atoms with Crippen molar-refractivity contribution < 1.29 is 23.4 Å². The lowest BCUT2D eigenvalue weighted by atomic mass is 10.1. The Hall–Kier alpha value is -1.00. The van der Waals surface area contributed by atoms with Crippen molar-refractivity contribution in [2.24, 2.45) is 0 Å². The number of carbonyl (C=O) groups is 1. The molecule has 3 rings (SSSR count). The number of rotatable bonds is 4. The predicted molar refractivity (Wildman–Crippen MR) is 85.3 cm³/mol. The van der Waals surface area contributed by atoms with Crippen LogP contribution in [-0.4, -0.2) is 54.6 Å². The average molecular weight is 360 g/mol. The number of aliphatic hydroxyl groups excluding tert-OH is 1. The van der Waals surface area contributed by atoms with Gasteiger partial charge in [-0.1, -0.05) is 6.42 Å². The molecule has 0 unspecified atom stereocenters. The molecule has 2 aliphatic rings. The maximum Gasteiger partial charge on any atom is 0.338 e. The molecule has 0 aromatic carbocycles. The van der Waals surface area contributed by atoms with Crippen LogP contribution in [0.4, 0.5) is 0 Å². The lowest BCUT2D eigenvalue weighted by Crippen LogP contribution is -2.45. The molecule has 0 amide bonds. The first kappa shape index (κ1) is 16.8. The van der Waals surface area contributed by atoms with E-state index in [2.05, 4.69) is 5.32 Å². The Kier molecular flexibility index (Phi) is 4.75. The largest absolute Gasteiger partial charge is 0.478 e. The minimum absolute atomic E-state index is 0.0752. The molecular formula is C14H20N2O5S2. The molecule has 0 radical (unpaired) electrons. The Morgan fingerprint density at radius 1 is 1.39 bits per heavy atom. The molecule has 2 aliphatic heterocycles. The van der Waals surface area contributed by atoms with Gasteiger partial charge in [0, 0.05) is 24.0 Å². The van der Waals surface area contributed by atoms with Gasteiger partial charge < -0.3 is 15.5 Å². The van der Waals surface area contributed by atoms with Crippen molar-refractivity contribution in [3.63, 3.8) is 0 Å². The van der Waals surface area contributed by atoms with Crippen LogP contribution in [0.3, 0.4) is 0 Å². The lowest BCUT2D eigenvalue weighted by molar-refractivity contribution is 0.0692. The summed E-state index contributed by atoms with van der Waals surface area (Å²) in [6.45, 7) is 1.23. The van der Waals surface area contributed by atoms with Crippen molar-refractivity contribution >= 4 is 27.3 Å². The standard InChI is InChI=1S/C14H20N2O5S2/c17-8-9-3-1-2-6-16(9)23(20,21)14-12(13(18)19)10-4-5-15-7-11(10)22-14/h9,15,17H,1-8H2,(H,18,19)/t9-/m1/s1. The number of piperidine rings is 1. The highest BCUT2D eigenvalue weighted by atomic mass is 32.2. The second-order valence-corrected chi connectivity index (χ2v) is 9.04. The summed E-state index contributed by atoms with van der Waals surface area (Å²) in [6.07, 6.45) is 2.72. The fourth-order valence-electron chi connectivity index (χ4n) is 3.29. The number of carboxylic acids is 1. The maximum absolute atomic E-state index is 13.0. The van der Waals surface area contributed by atoms with Crippen molar-refractivity contribution in [1.82, 2.24) is 9.62 Å². The minimum Gasteiger partial charge on any atom is -0.478 e. The van der Waals surface area contributed by atoms with Crippen molar-refractivity contribution in [1.29, 1.82) is 0 Å². The van der Waals surface area contributed by atoms with Crippen LogP contribution in [0.5, 0.6) is 0 Å². The number of nitrogens with zero attached hydrogens (tertiary/aromatic N) is 1. The van der Waals surface area contributed by atoms with E-state index in [4.69, 9.17) is 0 Å². The quantitative estimate of drug-likeness (QED) is 0.727. The summed E-state index contributed by atoms with van der Waals surface area (Å²) >= 11 is 1.05. The van der Waals surface area contributed by atoms with Gasteiger partial charge in [-0.3, -0.25) is 0 Å². The van der Waals surface area contributed by atoms with E-state index in [1.54, 1.807) is 0 Å². The smallest absolute Gasteiger partial charge is 0.338 e. The number of hydrogen-bond acceptors (Lipinski definition) is 6. The van der Waals surface area contributed by atoms with Crippen LogP contribution in [0.25, 0.3) is 0 Å². The molecule has 7 nitrogen and oxygen atoms in total. The molecule has 1 saturated heterocycles. The third-order valence-electron chi connectivity index (χ3n) is 4.44. The molecule has 1 atom stereocenters. The summed E-state index contributed by atoms with van der Waals surface area (Å²) in [5, 5.41) is 22.2. The minimum atomic E-state index is -3.91. The predicted octanol–water partition coefficient (Wildman–Crippen LogP) is 0.627. The second kappa shape index (κ2) is 6.48. The molecule has 1 fully saturated rings. The van der Waals surface area contributed by atoms with Crippen molar-refractivity contribution in [2.75, 3.05) is 19.7 Å². The van der Waals surface area contributed by atoms with Crippen molar-refractivity contribution in [2.45, 2.75) is 42.5 Å². The monoisotopic (exact) mass is 360 g/mol. The molecule has 0 spiro atoms. The summed E-state index contributed by atoms with van der Waals surface area (Å²) in [7, 11) is -3.91. The number of carboxylic acid groups (broad SMARTS) is 1. The molecule has 128 valence electrons. The van der Waals surface area contributed by atoms with E-state index in [0.29, 0.717) is 38.0 Å². The van der Waals surface area contributed by atoms with E-state index in [0.717, 1.165) is 29.1 Å². The van der Waals surface area contributed by atoms with E-state index in [1.807, 2.05) is 0 Å².